The summed E-state index contributed by atoms with van der Waals surface area (Å²) in [6.45, 7) is 0. The van der Waals surface area contributed by atoms with E-state index in [2.05, 4.69) is 65.2 Å². The van der Waals surface area contributed by atoms with Gasteiger partial charge in [0.15, 0.2) is 0 Å². The largest absolute Gasteiger partial charge is 0.456 e. The maximum Gasteiger partial charge on any atom is 0.137 e. The average Bonchev–Trinajstić information content (AvgIpc) is 3.73. The molecule has 0 bridgehead atoms. The first-order valence-corrected chi connectivity index (χ1v) is 14.0. The third-order valence-electron chi connectivity index (χ3n) is 8.45. The lowest BCUT2D eigenvalue weighted by Gasteiger charge is -2.15. The van der Waals surface area contributed by atoms with Gasteiger partial charge < -0.3 is 13.4 Å². The van der Waals surface area contributed by atoms with Crippen molar-refractivity contribution in [3.05, 3.63) is 126 Å². The van der Waals surface area contributed by atoms with E-state index in [0.717, 1.165) is 82.5 Å². The summed E-state index contributed by atoms with van der Waals surface area (Å²) in [7, 11) is 0. The van der Waals surface area contributed by atoms with Crippen molar-refractivity contribution in [3.63, 3.8) is 0 Å². The number of hydrogen-bond acceptors (Lipinski definition) is 4. The third kappa shape index (κ3) is 3.25. The van der Waals surface area contributed by atoms with Gasteiger partial charge in [-0.2, -0.15) is 10.5 Å². The van der Waals surface area contributed by atoms with E-state index in [1.165, 1.54) is 0 Å². The van der Waals surface area contributed by atoms with Crippen molar-refractivity contribution in [1.82, 2.24) is 4.57 Å². The van der Waals surface area contributed by atoms with Crippen LogP contribution in [-0.2, 0) is 0 Å². The molecule has 0 fully saturated rings. The van der Waals surface area contributed by atoms with Crippen LogP contribution in [0.3, 0.4) is 0 Å². The first-order chi connectivity index (χ1) is 21.2. The Labute approximate surface area is 244 Å². The second-order valence-electron chi connectivity index (χ2n) is 10.8. The maximum atomic E-state index is 9.93. The van der Waals surface area contributed by atoms with Crippen LogP contribution in [0.15, 0.2) is 124 Å². The van der Waals surface area contributed by atoms with E-state index >= 15 is 0 Å². The van der Waals surface area contributed by atoms with Gasteiger partial charge in [0.2, 0.25) is 0 Å². The molecule has 9 aromatic rings. The summed E-state index contributed by atoms with van der Waals surface area (Å²) in [5, 5.41) is 25.6. The predicted octanol–water partition coefficient (Wildman–Crippen LogP) is 9.99. The number of aromatic nitrogens is 1. The highest BCUT2D eigenvalue weighted by molar-refractivity contribution is 6.24. The van der Waals surface area contributed by atoms with Crippen molar-refractivity contribution in [3.8, 4) is 29.0 Å². The normalized spacial score (nSPS) is 11.7. The second kappa shape index (κ2) is 8.60. The molecular weight excluding hydrogens is 530 g/mol. The number of benzene rings is 6. The van der Waals surface area contributed by atoms with Crippen LogP contribution >= 0.6 is 0 Å². The van der Waals surface area contributed by atoms with Crippen molar-refractivity contribution >= 4 is 65.7 Å². The summed E-state index contributed by atoms with van der Waals surface area (Å²) in [6, 6.07) is 42.7. The highest BCUT2D eigenvalue weighted by Gasteiger charge is 2.21. The van der Waals surface area contributed by atoms with Gasteiger partial charge in [0.25, 0.3) is 0 Å². The lowest BCUT2D eigenvalue weighted by molar-refractivity contribution is 0.668. The third-order valence-corrected chi connectivity index (χ3v) is 8.45. The van der Waals surface area contributed by atoms with E-state index < -0.39 is 0 Å². The Morgan fingerprint density at radius 3 is 2.02 bits per heavy atom. The van der Waals surface area contributed by atoms with Crippen molar-refractivity contribution in [2.45, 2.75) is 0 Å². The molecule has 5 nitrogen and oxygen atoms in total. The van der Waals surface area contributed by atoms with E-state index in [1.807, 2.05) is 60.7 Å². The summed E-state index contributed by atoms with van der Waals surface area (Å²) in [4.78, 5) is 0. The van der Waals surface area contributed by atoms with Crippen LogP contribution in [0.1, 0.15) is 11.1 Å². The van der Waals surface area contributed by atoms with Crippen LogP contribution in [0.5, 0.6) is 0 Å². The van der Waals surface area contributed by atoms with E-state index in [1.54, 1.807) is 6.07 Å². The van der Waals surface area contributed by atoms with Crippen LogP contribution in [0, 0.1) is 22.7 Å². The van der Waals surface area contributed by atoms with Gasteiger partial charge in [-0.15, -0.1) is 0 Å². The monoisotopic (exact) mass is 549 g/mol. The molecule has 198 valence electrons. The molecule has 0 saturated carbocycles. The lowest BCUT2D eigenvalue weighted by atomic mass is 9.98. The van der Waals surface area contributed by atoms with Crippen LogP contribution in [0.4, 0.5) is 0 Å². The summed E-state index contributed by atoms with van der Waals surface area (Å²) in [5.74, 6) is 0. The molecule has 3 aromatic heterocycles. The Bertz CT molecular complexity index is 2710. The average molecular weight is 550 g/mol. The fraction of sp³-hybridized carbons (Fsp3) is 0. The van der Waals surface area contributed by atoms with Crippen molar-refractivity contribution < 1.29 is 8.83 Å². The molecule has 5 heteroatoms. The zero-order chi connectivity index (χ0) is 28.7. The second-order valence-corrected chi connectivity index (χ2v) is 10.8. The van der Waals surface area contributed by atoms with Gasteiger partial charge in [0.1, 0.15) is 22.3 Å². The minimum atomic E-state index is 0.572. The highest BCUT2D eigenvalue weighted by atomic mass is 16.3. The summed E-state index contributed by atoms with van der Waals surface area (Å²) in [5.41, 5.74) is 9.23. The number of nitriles is 2. The van der Waals surface area contributed by atoms with Crippen LogP contribution in [-0.4, -0.2) is 4.57 Å². The molecule has 9 rings (SSSR count). The molecular formula is C38H19N3O2. The molecule has 0 saturated heterocycles. The van der Waals surface area contributed by atoms with E-state index in [-0.39, 0.29) is 0 Å². The molecule has 0 amide bonds. The fourth-order valence-corrected chi connectivity index (χ4v) is 6.56. The summed E-state index contributed by atoms with van der Waals surface area (Å²) >= 11 is 0. The Morgan fingerprint density at radius 1 is 0.512 bits per heavy atom. The summed E-state index contributed by atoms with van der Waals surface area (Å²) < 4.78 is 14.7. The highest BCUT2D eigenvalue weighted by Crippen LogP contribution is 2.43. The van der Waals surface area contributed by atoms with Crippen molar-refractivity contribution in [2.75, 3.05) is 0 Å². The van der Waals surface area contributed by atoms with Crippen LogP contribution < -0.4 is 0 Å². The Morgan fingerprint density at radius 2 is 1.16 bits per heavy atom. The number of rotatable bonds is 2. The van der Waals surface area contributed by atoms with Crippen LogP contribution in [0.2, 0.25) is 0 Å². The number of fused-ring (bicyclic) bond motifs is 10. The number of nitrogens with zero attached hydrogens (tertiary/aromatic N) is 3. The minimum absolute atomic E-state index is 0.572. The molecule has 6 aromatic carbocycles. The van der Waals surface area contributed by atoms with Crippen LogP contribution in [0.25, 0.3) is 82.5 Å². The smallest absolute Gasteiger partial charge is 0.137 e. The quantitative estimate of drug-likeness (QED) is 0.215. The SMILES string of the molecule is N#Cc1ccc(-n2c3ccccc3c3ccc4oc5ccccc5c4c32)c(-c2ccc3oc4ccc(C#N)cc4c3c2)c1. The van der Waals surface area contributed by atoms with E-state index in [4.69, 9.17) is 8.83 Å². The van der Waals surface area contributed by atoms with E-state index in [9.17, 15) is 10.5 Å². The molecule has 0 aliphatic rings. The number of para-hydroxylation sites is 2. The Kier molecular flexibility index (Phi) is 4.68. The molecule has 3 heterocycles. The molecule has 0 aliphatic carbocycles. The predicted molar refractivity (Wildman–Crippen MR) is 170 cm³/mol. The van der Waals surface area contributed by atoms with Gasteiger partial charge in [-0.3, -0.25) is 0 Å². The molecule has 0 atom stereocenters. The summed E-state index contributed by atoms with van der Waals surface area (Å²) in [6.07, 6.45) is 0. The molecule has 0 unspecified atom stereocenters. The van der Waals surface area contributed by atoms with Gasteiger partial charge >= 0.3 is 0 Å². The van der Waals surface area contributed by atoms with Gasteiger partial charge in [0.05, 0.1) is 45.4 Å². The van der Waals surface area contributed by atoms with Gasteiger partial charge in [-0.1, -0.05) is 42.5 Å². The van der Waals surface area contributed by atoms with E-state index in [0.29, 0.717) is 11.1 Å². The minimum Gasteiger partial charge on any atom is -0.456 e. The van der Waals surface area contributed by atoms with Crippen molar-refractivity contribution in [1.29, 1.82) is 10.5 Å². The first kappa shape index (κ1) is 23.4. The van der Waals surface area contributed by atoms with Gasteiger partial charge in [-0.25, -0.2) is 0 Å². The number of furan rings is 2. The molecule has 0 radical (unpaired) electrons. The van der Waals surface area contributed by atoms with Gasteiger partial charge in [0, 0.05) is 32.5 Å². The molecule has 0 aliphatic heterocycles. The number of hydrogen-bond donors (Lipinski definition) is 0. The zero-order valence-corrected chi connectivity index (χ0v) is 22.6. The van der Waals surface area contributed by atoms with Crippen molar-refractivity contribution in [2.24, 2.45) is 0 Å². The Hall–Kier alpha value is -6.30. The Balaban J connectivity index is 1.42. The standard InChI is InChI=1S/C38H19N3O2/c39-20-22-9-13-32(28(17-22)24-11-15-35-30(19-24)29-18-23(21-40)10-14-34(29)42-35)41-31-7-3-1-5-25(31)26-12-16-36-37(38(26)41)27-6-2-4-8-33(27)43-36/h1-19H. The van der Waals surface area contributed by atoms with Gasteiger partial charge in [-0.05, 0) is 78.4 Å². The lowest BCUT2D eigenvalue weighted by Crippen LogP contribution is -1.98. The zero-order valence-electron chi connectivity index (χ0n) is 22.6. The molecule has 0 spiro atoms. The molecule has 43 heavy (non-hydrogen) atoms. The first-order valence-electron chi connectivity index (χ1n) is 14.0. The molecule has 0 N–H and O–H groups in total. The fourth-order valence-electron chi connectivity index (χ4n) is 6.56. The topological polar surface area (TPSA) is 78.8 Å². The maximum absolute atomic E-state index is 9.93.